The Morgan fingerprint density at radius 2 is 1.88 bits per heavy atom. The van der Waals surface area contributed by atoms with Crippen LogP contribution in [0, 0.1) is 5.92 Å². The van der Waals surface area contributed by atoms with Gasteiger partial charge in [0.25, 0.3) is 0 Å². The van der Waals surface area contributed by atoms with Gasteiger partial charge in [-0.05, 0) is 25.3 Å². The van der Waals surface area contributed by atoms with Crippen molar-refractivity contribution in [3.05, 3.63) is 10.0 Å². The van der Waals surface area contributed by atoms with Crippen molar-refractivity contribution in [1.29, 1.82) is 0 Å². The van der Waals surface area contributed by atoms with E-state index in [9.17, 15) is 0 Å². The van der Waals surface area contributed by atoms with Crippen LogP contribution in [0.1, 0.15) is 56.5 Å². The van der Waals surface area contributed by atoms with Crippen LogP contribution in [-0.4, -0.2) is 16.7 Å². The van der Waals surface area contributed by atoms with E-state index >= 15 is 0 Å². The number of hydrogen-bond acceptors (Lipinski definition) is 4. The molecular weight excluding hydrogens is 218 g/mol. The number of aromatic nitrogens is 2. The highest BCUT2D eigenvalue weighted by atomic mass is 32.1. The first kappa shape index (κ1) is 13.6. The lowest BCUT2D eigenvalue weighted by Crippen LogP contribution is -2.18. The molecule has 1 aromatic rings. The molecule has 16 heavy (non-hydrogen) atoms. The molecule has 0 aliphatic rings. The van der Waals surface area contributed by atoms with Gasteiger partial charge in [-0.1, -0.05) is 39.0 Å². The van der Waals surface area contributed by atoms with E-state index in [0.717, 1.165) is 30.9 Å². The van der Waals surface area contributed by atoms with Crippen LogP contribution in [0.4, 0.5) is 0 Å². The van der Waals surface area contributed by atoms with Crippen LogP contribution < -0.4 is 5.32 Å². The topological polar surface area (TPSA) is 37.8 Å². The molecule has 0 fully saturated rings. The van der Waals surface area contributed by atoms with Crippen LogP contribution in [0.5, 0.6) is 0 Å². The molecule has 0 saturated heterocycles. The summed E-state index contributed by atoms with van der Waals surface area (Å²) in [5.74, 6) is 1.28. The van der Waals surface area contributed by atoms with Crippen LogP contribution in [-0.2, 0) is 6.54 Å². The van der Waals surface area contributed by atoms with Gasteiger partial charge in [-0.2, -0.15) is 0 Å². The highest BCUT2D eigenvalue weighted by Crippen LogP contribution is 2.25. The van der Waals surface area contributed by atoms with E-state index in [-0.39, 0.29) is 0 Å². The summed E-state index contributed by atoms with van der Waals surface area (Å²) >= 11 is 1.76. The van der Waals surface area contributed by atoms with Crippen LogP contribution in [0.25, 0.3) is 0 Å². The molecule has 0 aliphatic carbocycles. The fraction of sp³-hybridized carbons (Fsp3) is 0.833. The van der Waals surface area contributed by atoms with Gasteiger partial charge in [0, 0.05) is 12.5 Å². The number of hydrogen-bond donors (Lipinski definition) is 1. The zero-order valence-electron chi connectivity index (χ0n) is 10.8. The van der Waals surface area contributed by atoms with Crippen molar-refractivity contribution in [1.82, 2.24) is 15.5 Å². The van der Waals surface area contributed by atoms with E-state index in [0.29, 0.717) is 11.8 Å². The second-order valence-electron chi connectivity index (χ2n) is 4.57. The molecule has 1 N–H and O–H groups in total. The summed E-state index contributed by atoms with van der Waals surface area (Å²) in [6.07, 6.45) is 2.31. The minimum Gasteiger partial charge on any atom is -0.310 e. The smallest absolute Gasteiger partial charge is 0.131 e. The Bertz CT molecular complexity index is 292. The maximum Gasteiger partial charge on any atom is 0.131 e. The van der Waals surface area contributed by atoms with E-state index in [1.54, 1.807) is 11.3 Å². The van der Waals surface area contributed by atoms with E-state index in [4.69, 9.17) is 0 Å². The molecule has 4 heteroatoms. The fourth-order valence-electron chi connectivity index (χ4n) is 1.61. The Hall–Kier alpha value is -0.480. The van der Waals surface area contributed by atoms with Gasteiger partial charge in [-0.3, -0.25) is 0 Å². The van der Waals surface area contributed by atoms with Gasteiger partial charge in [0.1, 0.15) is 10.0 Å². The van der Waals surface area contributed by atoms with Crippen molar-refractivity contribution < 1.29 is 0 Å². The first-order valence-corrected chi connectivity index (χ1v) is 7.01. The number of nitrogens with one attached hydrogen (secondary N) is 1. The molecule has 1 heterocycles. The quantitative estimate of drug-likeness (QED) is 0.796. The molecule has 0 spiro atoms. The van der Waals surface area contributed by atoms with Gasteiger partial charge in [0.05, 0.1) is 0 Å². The van der Waals surface area contributed by atoms with Crippen molar-refractivity contribution >= 4 is 11.3 Å². The van der Waals surface area contributed by atoms with Crippen molar-refractivity contribution in [2.75, 3.05) is 6.54 Å². The van der Waals surface area contributed by atoms with Crippen LogP contribution >= 0.6 is 11.3 Å². The lowest BCUT2D eigenvalue weighted by molar-refractivity contribution is 0.550. The largest absolute Gasteiger partial charge is 0.310 e. The van der Waals surface area contributed by atoms with E-state index in [2.05, 4.69) is 43.2 Å². The lowest BCUT2D eigenvalue weighted by Gasteiger charge is -2.06. The van der Waals surface area contributed by atoms with Gasteiger partial charge in [0.15, 0.2) is 0 Å². The molecule has 0 bridgehead atoms. The standard InChI is InChI=1S/C12H23N3S/c1-5-10(6-2)12-15-14-11(16-12)8-13-7-9(3)4/h9-10,13H,5-8H2,1-4H3. The van der Waals surface area contributed by atoms with Crippen molar-refractivity contribution in [2.24, 2.45) is 5.92 Å². The van der Waals surface area contributed by atoms with Crippen molar-refractivity contribution in [3.63, 3.8) is 0 Å². The predicted octanol–water partition coefficient (Wildman–Crippen LogP) is 3.19. The Morgan fingerprint density at radius 3 is 2.44 bits per heavy atom. The van der Waals surface area contributed by atoms with Gasteiger partial charge in [-0.25, -0.2) is 0 Å². The molecule has 0 aromatic carbocycles. The van der Waals surface area contributed by atoms with E-state index in [1.165, 1.54) is 5.01 Å². The van der Waals surface area contributed by atoms with Crippen LogP contribution in [0.15, 0.2) is 0 Å². The second kappa shape index (κ2) is 6.97. The van der Waals surface area contributed by atoms with E-state index < -0.39 is 0 Å². The summed E-state index contributed by atoms with van der Waals surface area (Å²) in [4.78, 5) is 0. The monoisotopic (exact) mass is 241 g/mol. The number of rotatable bonds is 7. The molecule has 0 unspecified atom stereocenters. The molecule has 1 rings (SSSR count). The molecule has 0 saturated carbocycles. The first-order valence-electron chi connectivity index (χ1n) is 6.20. The van der Waals surface area contributed by atoms with Crippen LogP contribution in [0.2, 0.25) is 0 Å². The minimum atomic E-state index is 0.594. The first-order chi connectivity index (χ1) is 7.67. The average Bonchev–Trinajstić information content (AvgIpc) is 2.68. The molecular formula is C12H23N3S. The SMILES string of the molecule is CCC(CC)c1nnc(CNCC(C)C)s1. The maximum atomic E-state index is 4.28. The summed E-state index contributed by atoms with van der Waals surface area (Å²) in [5, 5.41) is 14.2. The third-order valence-electron chi connectivity index (χ3n) is 2.65. The summed E-state index contributed by atoms with van der Waals surface area (Å²) in [6, 6.07) is 0. The van der Waals surface area contributed by atoms with Gasteiger partial charge in [0.2, 0.25) is 0 Å². The normalized spacial score (nSPS) is 11.6. The molecule has 0 atom stereocenters. The van der Waals surface area contributed by atoms with Crippen molar-refractivity contribution in [2.45, 2.75) is 53.0 Å². The molecule has 1 aromatic heterocycles. The molecule has 0 radical (unpaired) electrons. The third kappa shape index (κ3) is 4.18. The lowest BCUT2D eigenvalue weighted by atomic mass is 10.1. The molecule has 3 nitrogen and oxygen atoms in total. The second-order valence-corrected chi connectivity index (χ2v) is 5.67. The molecule has 92 valence electrons. The highest BCUT2D eigenvalue weighted by Gasteiger charge is 2.12. The van der Waals surface area contributed by atoms with E-state index in [1.807, 2.05) is 0 Å². The van der Waals surface area contributed by atoms with Crippen LogP contribution in [0.3, 0.4) is 0 Å². The Morgan fingerprint density at radius 1 is 1.19 bits per heavy atom. The fourth-order valence-corrected chi connectivity index (χ4v) is 2.69. The third-order valence-corrected chi connectivity index (χ3v) is 3.73. The highest BCUT2D eigenvalue weighted by molar-refractivity contribution is 7.11. The number of nitrogens with zero attached hydrogens (tertiary/aromatic N) is 2. The van der Waals surface area contributed by atoms with Gasteiger partial charge in [-0.15, -0.1) is 10.2 Å². The summed E-state index contributed by atoms with van der Waals surface area (Å²) in [5.41, 5.74) is 0. The van der Waals surface area contributed by atoms with Gasteiger partial charge < -0.3 is 5.32 Å². The Kier molecular flexibility index (Phi) is 5.91. The minimum absolute atomic E-state index is 0.594. The summed E-state index contributed by atoms with van der Waals surface area (Å²) in [6.45, 7) is 10.7. The zero-order valence-corrected chi connectivity index (χ0v) is 11.6. The van der Waals surface area contributed by atoms with Crippen molar-refractivity contribution in [3.8, 4) is 0 Å². The Labute approximate surface area is 103 Å². The molecule has 0 aliphatic heterocycles. The molecule has 0 amide bonds. The summed E-state index contributed by atoms with van der Waals surface area (Å²) in [7, 11) is 0. The average molecular weight is 241 g/mol. The maximum absolute atomic E-state index is 4.28. The zero-order chi connectivity index (χ0) is 12.0. The van der Waals surface area contributed by atoms with Gasteiger partial charge >= 0.3 is 0 Å². The predicted molar refractivity (Wildman–Crippen MR) is 69.8 cm³/mol. The Balaban J connectivity index is 2.44. The summed E-state index contributed by atoms with van der Waals surface area (Å²) < 4.78 is 0.